The molecule has 1 aliphatic carbocycles. The Morgan fingerprint density at radius 1 is 1.15 bits per heavy atom. The molecule has 4 nitrogen and oxygen atoms in total. The van der Waals surface area contributed by atoms with Crippen LogP contribution in [-0.4, -0.2) is 35.0 Å². The van der Waals surface area contributed by atoms with E-state index in [0.29, 0.717) is 31.3 Å². The number of unbranched alkanes of at least 4 members (excludes halogenated alkanes) is 3. The molecular weight excluding hydrogens is 328 g/mol. The van der Waals surface area contributed by atoms with Gasteiger partial charge in [0.25, 0.3) is 0 Å². The van der Waals surface area contributed by atoms with Gasteiger partial charge in [-0.15, -0.1) is 0 Å². The number of carbonyl (C=O) groups is 1. The Morgan fingerprint density at radius 3 is 2.65 bits per heavy atom. The van der Waals surface area contributed by atoms with E-state index in [1.54, 1.807) is 0 Å². The number of carbonyl (C=O) groups excluding carboxylic acids is 1. The fourth-order valence-corrected chi connectivity index (χ4v) is 3.71. The Labute approximate surface area is 159 Å². The first-order chi connectivity index (χ1) is 12.6. The minimum absolute atomic E-state index is 0.101. The number of hydrogen-bond acceptors (Lipinski definition) is 4. The lowest BCUT2D eigenvalue weighted by atomic mass is 9.88. The van der Waals surface area contributed by atoms with Crippen LogP contribution in [0.2, 0.25) is 0 Å². The minimum Gasteiger partial charge on any atom is -0.466 e. The molecule has 0 aliphatic heterocycles. The molecule has 1 unspecified atom stereocenters. The summed E-state index contributed by atoms with van der Waals surface area (Å²) in [6.45, 7) is 4.37. The highest BCUT2D eigenvalue weighted by Gasteiger charge is 2.32. The predicted octanol–water partition coefficient (Wildman–Crippen LogP) is 4.55. The molecule has 1 rings (SSSR count). The summed E-state index contributed by atoms with van der Waals surface area (Å²) in [7, 11) is 0. The molecule has 0 aromatic carbocycles. The first-order valence-corrected chi connectivity index (χ1v) is 10.4. The normalized spacial score (nSPS) is 24.5. The van der Waals surface area contributed by atoms with Crippen LogP contribution in [0.3, 0.4) is 0 Å². The highest BCUT2D eigenvalue weighted by atomic mass is 16.5. The molecule has 0 amide bonds. The lowest BCUT2D eigenvalue weighted by Gasteiger charge is -2.20. The molecule has 1 aliphatic rings. The third-order valence-electron chi connectivity index (χ3n) is 5.17. The fraction of sp³-hybridized carbons (Fsp3) is 0.773. The van der Waals surface area contributed by atoms with Crippen LogP contribution < -0.4 is 0 Å². The monoisotopic (exact) mass is 366 g/mol. The van der Waals surface area contributed by atoms with Crippen LogP contribution in [0.5, 0.6) is 0 Å². The topological polar surface area (TPSA) is 66.8 Å². The van der Waals surface area contributed by atoms with Gasteiger partial charge in [0.2, 0.25) is 0 Å². The first kappa shape index (κ1) is 22.9. The average Bonchev–Trinajstić information content (AvgIpc) is 2.96. The van der Waals surface area contributed by atoms with Crippen molar-refractivity contribution in [2.45, 2.75) is 90.3 Å². The number of hydrogen-bond donors (Lipinski definition) is 2. The van der Waals surface area contributed by atoms with E-state index in [1.807, 2.05) is 19.1 Å². The molecular formula is C22H38O4. The number of rotatable bonds is 13. The maximum atomic E-state index is 11.3. The third-order valence-corrected chi connectivity index (χ3v) is 5.17. The van der Waals surface area contributed by atoms with E-state index in [2.05, 4.69) is 19.1 Å². The summed E-state index contributed by atoms with van der Waals surface area (Å²) in [5, 5.41) is 20.3. The SMILES string of the molecule is CCC=CCC(O)C=C[C@H]1CC[C@H](O)[C@@H]1CCCCCCC(=O)OCC. The molecule has 4 atom stereocenters. The molecule has 150 valence electrons. The van der Waals surface area contributed by atoms with Gasteiger partial charge in [-0.05, 0) is 57.3 Å². The van der Waals surface area contributed by atoms with E-state index >= 15 is 0 Å². The zero-order valence-electron chi connectivity index (χ0n) is 16.6. The van der Waals surface area contributed by atoms with Gasteiger partial charge in [0, 0.05) is 6.42 Å². The zero-order chi connectivity index (χ0) is 19.2. The van der Waals surface area contributed by atoms with Crippen molar-refractivity contribution < 1.29 is 19.7 Å². The second kappa shape index (κ2) is 14.0. The molecule has 0 spiro atoms. The maximum Gasteiger partial charge on any atom is 0.305 e. The number of esters is 1. The molecule has 1 saturated carbocycles. The second-order valence-electron chi connectivity index (χ2n) is 7.30. The predicted molar refractivity (Wildman–Crippen MR) is 106 cm³/mol. The standard InChI is InChI=1S/C22H38O4/c1-3-5-8-11-19(23)16-14-18-15-17-21(24)20(18)12-9-6-7-10-13-22(25)26-4-2/h5,8,14,16,18-21,23-24H,3-4,6-7,9-13,15,17H2,1-2H3/t18-,19?,20+,21-/m0/s1. The quantitative estimate of drug-likeness (QED) is 0.285. The highest BCUT2D eigenvalue weighted by Crippen LogP contribution is 2.36. The molecule has 2 N–H and O–H groups in total. The van der Waals surface area contributed by atoms with Crippen molar-refractivity contribution in [1.29, 1.82) is 0 Å². The number of aliphatic hydroxyl groups excluding tert-OH is 2. The Morgan fingerprint density at radius 2 is 1.92 bits per heavy atom. The van der Waals surface area contributed by atoms with Crippen LogP contribution in [0.1, 0.15) is 78.1 Å². The summed E-state index contributed by atoms with van der Waals surface area (Å²) in [5.41, 5.74) is 0. The van der Waals surface area contributed by atoms with E-state index in [9.17, 15) is 15.0 Å². The molecule has 0 aromatic heterocycles. The maximum absolute atomic E-state index is 11.3. The Hall–Kier alpha value is -1.13. The lowest BCUT2D eigenvalue weighted by Crippen LogP contribution is -2.18. The van der Waals surface area contributed by atoms with Gasteiger partial charge in [-0.3, -0.25) is 4.79 Å². The smallest absolute Gasteiger partial charge is 0.305 e. The molecule has 0 aromatic rings. The Bertz CT molecular complexity index is 430. The van der Waals surface area contributed by atoms with Crippen molar-refractivity contribution in [3.05, 3.63) is 24.3 Å². The number of aliphatic hydroxyl groups is 2. The summed E-state index contributed by atoms with van der Waals surface area (Å²) >= 11 is 0. The summed E-state index contributed by atoms with van der Waals surface area (Å²) in [5.74, 6) is 0.570. The summed E-state index contributed by atoms with van der Waals surface area (Å²) in [6.07, 6.45) is 16.6. The molecule has 1 fully saturated rings. The van der Waals surface area contributed by atoms with Gasteiger partial charge in [0.1, 0.15) is 0 Å². The Balaban J connectivity index is 2.26. The molecule has 0 saturated heterocycles. The van der Waals surface area contributed by atoms with E-state index in [0.717, 1.165) is 51.4 Å². The molecule has 4 heteroatoms. The van der Waals surface area contributed by atoms with Crippen LogP contribution in [0.25, 0.3) is 0 Å². The number of allylic oxidation sites excluding steroid dienone is 2. The van der Waals surface area contributed by atoms with E-state index in [1.165, 1.54) is 0 Å². The van der Waals surface area contributed by atoms with Gasteiger partial charge in [-0.25, -0.2) is 0 Å². The first-order valence-electron chi connectivity index (χ1n) is 10.4. The summed E-state index contributed by atoms with van der Waals surface area (Å²) in [4.78, 5) is 11.3. The van der Waals surface area contributed by atoms with Gasteiger partial charge in [0.05, 0.1) is 18.8 Å². The van der Waals surface area contributed by atoms with Crippen LogP contribution in [0, 0.1) is 11.8 Å². The van der Waals surface area contributed by atoms with E-state index in [-0.39, 0.29) is 12.1 Å². The fourth-order valence-electron chi connectivity index (χ4n) is 3.71. The zero-order valence-corrected chi connectivity index (χ0v) is 16.6. The van der Waals surface area contributed by atoms with Crippen LogP contribution in [0.4, 0.5) is 0 Å². The van der Waals surface area contributed by atoms with Crippen molar-refractivity contribution in [1.82, 2.24) is 0 Å². The number of ether oxygens (including phenoxy) is 1. The van der Waals surface area contributed by atoms with Crippen LogP contribution in [0.15, 0.2) is 24.3 Å². The van der Waals surface area contributed by atoms with Crippen molar-refractivity contribution >= 4 is 5.97 Å². The Kier molecular flexibility index (Phi) is 12.3. The van der Waals surface area contributed by atoms with E-state index in [4.69, 9.17) is 4.74 Å². The largest absolute Gasteiger partial charge is 0.466 e. The van der Waals surface area contributed by atoms with Gasteiger partial charge in [-0.1, -0.05) is 50.5 Å². The van der Waals surface area contributed by atoms with Gasteiger partial charge in [-0.2, -0.15) is 0 Å². The minimum atomic E-state index is -0.431. The van der Waals surface area contributed by atoms with Crippen molar-refractivity contribution in [3.8, 4) is 0 Å². The lowest BCUT2D eigenvalue weighted by molar-refractivity contribution is -0.143. The summed E-state index contributed by atoms with van der Waals surface area (Å²) < 4.78 is 4.93. The van der Waals surface area contributed by atoms with Gasteiger partial charge >= 0.3 is 5.97 Å². The van der Waals surface area contributed by atoms with Crippen molar-refractivity contribution in [3.63, 3.8) is 0 Å². The second-order valence-corrected chi connectivity index (χ2v) is 7.30. The molecule has 0 bridgehead atoms. The molecule has 26 heavy (non-hydrogen) atoms. The van der Waals surface area contributed by atoms with Crippen LogP contribution in [-0.2, 0) is 9.53 Å². The van der Waals surface area contributed by atoms with Crippen LogP contribution >= 0.6 is 0 Å². The van der Waals surface area contributed by atoms with Gasteiger partial charge in [0.15, 0.2) is 0 Å². The summed E-state index contributed by atoms with van der Waals surface area (Å²) in [6, 6.07) is 0. The highest BCUT2D eigenvalue weighted by molar-refractivity contribution is 5.69. The van der Waals surface area contributed by atoms with Crippen molar-refractivity contribution in [2.24, 2.45) is 11.8 Å². The molecule has 0 heterocycles. The van der Waals surface area contributed by atoms with Gasteiger partial charge < -0.3 is 14.9 Å². The average molecular weight is 367 g/mol. The van der Waals surface area contributed by atoms with Crippen molar-refractivity contribution in [2.75, 3.05) is 6.61 Å². The van der Waals surface area contributed by atoms with E-state index < -0.39 is 6.10 Å². The third kappa shape index (κ3) is 9.54. The molecule has 0 radical (unpaired) electrons.